The summed E-state index contributed by atoms with van der Waals surface area (Å²) in [6.07, 6.45) is 1.24. The zero-order chi connectivity index (χ0) is 24.9. The fourth-order valence-corrected chi connectivity index (χ4v) is 4.27. The van der Waals surface area contributed by atoms with Gasteiger partial charge in [0.25, 0.3) is 0 Å². The van der Waals surface area contributed by atoms with Crippen LogP contribution in [0.15, 0.2) is 60.4 Å². The fourth-order valence-electron chi connectivity index (χ4n) is 2.80. The molecule has 1 heterocycles. The summed E-state index contributed by atoms with van der Waals surface area (Å²) in [5.41, 5.74) is 14.7. The van der Waals surface area contributed by atoms with Crippen molar-refractivity contribution in [2.75, 3.05) is 24.7 Å². The molecule has 1 aromatic heterocycles. The molecule has 2 aliphatic carbocycles. The minimum Gasteiger partial charge on any atom is -0.370 e. The molecule has 0 bridgehead atoms. The van der Waals surface area contributed by atoms with Gasteiger partial charge in [0.1, 0.15) is 5.82 Å². The van der Waals surface area contributed by atoms with Crippen LogP contribution < -0.4 is 22.3 Å². The predicted molar refractivity (Wildman–Crippen MR) is 127 cm³/mol. The third-order valence-electron chi connectivity index (χ3n) is 4.27. The van der Waals surface area contributed by atoms with Gasteiger partial charge in [0.15, 0.2) is 27.3 Å². The highest BCUT2D eigenvalue weighted by molar-refractivity contribution is 9.10. The number of aliphatic imine (C=N–C) groups is 2. The minimum atomic E-state index is -2.93. The monoisotopic (exact) mass is 554 g/mol. The number of halogens is 2. The first-order valence-electron chi connectivity index (χ1n) is 9.51. The number of rotatable bonds is 7. The SMILES string of the molecule is CS(=O)(=O)c1c2cccc1-2.NC(N)=NCCNc1nonc1C(=Nc1ccc(F)c(Br)c1)NO. The van der Waals surface area contributed by atoms with Crippen LogP contribution in [0.4, 0.5) is 15.9 Å². The maximum Gasteiger partial charge on any atom is 0.202 e. The van der Waals surface area contributed by atoms with Crippen molar-refractivity contribution in [2.45, 2.75) is 4.90 Å². The Morgan fingerprint density at radius 2 is 1.94 bits per heavy atom. The van der Waals surface area contributed by atoms with E-state index in [0.29, 0.717) is 23.7 Å². The number of nitrogens with two attached hydrogens (primary N) is 2. The zero-order valence-electron chi connectivity index (χ0n) is 17.7. The number of fused-ring (bicyclic) bond motifs is 1. The second-order valence-corrected chi connectivity index (χ2v) is 9.63. The molecule has 1 aromatic carbocycles. The lowest BCUT2D eigenvalue weighted by Crippen LogP contribution is -2.24. The second-order valence-electron chi connectivity index (χ2n) is 6.82. The first-order valence-corrected chi connectivity index (χ1v) is 12.2. The highest BCUT2D eigenvalue weighted by atomic mass is 79.9. The number of nitrogens with zero attached hydrogens (tertiary/aromatic N) is 4. The summed E-state index contributed by atoms with van der Waals surface area (Å²) < 4.78 is 39.9. The maximum absolute atomic E-state index is 13.2. The van der Waals surface area contributed by atoms with Gasteiger partial charge in [0.05, 0.1) is 21.6 Å². The van der Waals surface area contributed by atoms with Crippen molar-refractivity contribution in [3.8, 4) is 11.1 Å². The number of aromatic nitrogens is 2. The van der Waals surface area contributed by atoms with E-state index >= 15 is 0 Å². The van der Waals surface area contributed by atoms with E-state index in [1.807, 2.05) is 23.7 Å². The van der Waals surface area contributed by atoms with Crippen molar-refractivity contribution in [3.63, 3.8) is 0 Å². The van der Waals surface area contributed by atoms with E-state index in [2.05, 4.69) is 46.2 Å². The molecule has 0 amide bonds. The van der Waals surface area contributed by atoms with E-state index in [4.69, 9.17) is 11.5 Å². The van der Waals surface area contributed by atoms with Gasteiger partial charge in [0, 0.05) is 23.9 Å². The molecular formula is C19H20BrFN8O4S. The molecule has 34 heavy (non-hydrogen) atoms. The van der Waals surface area contributed by atoms with E-state index in [1.165, 1.54) is 24.5 Å². The maximum atomic E-state index is 13.2. The Balaban J connectivity index is 0.000000266. The van der Waals surface area contributed by atoms with Crippen LogP contribution in [-0.4, -0.2) is 55.1 Å². The third-order valence-corrected chi connectivity index (χ3v) is 6.06. The van der Waals surface area contributed by atoms with Crippen LogP contribution in [0.25, 0.3) is 11.1 Å². The van der Waals surface area contributed by atoms with E-state index in [1.54, 1.807) is 0 Å². The first kappa shape index (κ1) is 25.1. The van der Waals surface area contributed by atoms with Gasteiger partial charge >= 0.3 is 0 Å². The molecule has 2 aromatic rings. The number of hydrogen-bond donors (Lipinski definition) is 5. The molecule has 0 radical (unpaired) electrons. The molecule has 0 fully saturated rings. The van der Waals surface area contributed by atoms with Crippen molar-refractivity contribution in [1.29, 1.82) is 0 Å². The Morgan fingerprint density at radius 3 is 2.50 bits per heavy atom. The fraction of sp³-hybridized carbons (Fsp3) is 0.158. The second kappa shape index (κ2) is 10.6. The van der Waals surface area contributed by atoms with E-state index in [9.17, 15) is 18.0 Å². The number of nitrogens with one attached hydrogen (secondary N) is 2. The number of hydroxylamine groups is 1. The van der Waals surface area contributed by atoms with Crippen LogP contribution >= 0.6 is 15.9 Å². The van der Waals surface area contributed by atoms with Gasteiger partial charge in [-0.1, -0.05) is 18.2 Å². The average Bonchev–Trinajstić information content (AvgIpc) is 3.10. The van der Waals surface area contributed by atoms with Gasteiger partial charge in [-0.2, -0.15) is 0 Å². The van der Waals surface area contributed by atoms with Crippen LogP contribution in [-0.2, 0) is 9.84 Å². The van der Waals surface area contributed by atoms with Crippen LogP contribution in [0.3, 0.4) is 0 Å². The van der Waals surface area contributed by atoms with Gasteiger partial charge in [-0.15, -0.1) is 0 Å². The highest BCUT2D eigenvalue weighted by Crippen LogP contribution is 2.46. The molecule has 0 aliphatic heterocycles. The Kier molecular flexibility index (Phi) is 7.80. The summed E-state index contributed by atoms with van der Waals surface area (Å²) in [5.74, 6) is -0.282. The number of sulfone groups is 1. The molecule has 0 spiro atoms. The number of benzene rings is 2. The lowest BCUT2D eigenvalue weighted by molar-refractivity contribution is 0.234. The Bertz CT molecular complexity index is 1340. The van der Waals surface area contributed by atoms with Crippen molar-refractivity contribution >= 4 is 49.1 Å². The Labute approximate surface area is 201 Å². The molecule has 4 rings (SSSR count). The zero-order valence-corrected chi connectivity index (χ0v) is 20.1. The van der Waals surface area contributed by atoms with E-state index in [-0.39, 0.29) is 27.8 Å². The smallest absolute Gasteiger partial charge is 0.202 e. The molecule has 0 saturated carbocycles. The topological polar surface area (TPSA) is 194 Å². The van der Waals surface area contributed by atoms with Crippen LogP contribution in [0.1, 0.15) is 5.69 Å². The van der Waals surface area contributed by atoms with Gasteiger partial charge in [0.2, 0.25) is 5.82 Å². The molecule has 7 N–H and O–H groups in total. The summed E-state index contributed by atoms with van der Waals surface area (Å²) >= 11 is 3.06. The number of amidine groups is 1. The van der Waals surface area contributed by atoms with Crippen molar-refractivity contribution in [3.05, 3.63) is 52.4 Å². The van der Waals surface area contributed by atoms with Gasteiger partial charge < -0.3 is 16.8 Å². The summed E-state index contributed by atoms with van der Waals surface area (Å²) in [7, 11) is -2.93. The molecular weight excluding hydrogens is 535 g/mol. The average molecular weight is 555 g/mol. The summed E-state index contributed by atoms with van der Waals surface area (Å²) in [6.45, 7) is 0.651. The minimum absolute atomic E-state index is 0.0311. The predicted octanol–water partition coefficient (Wildman–Crippen LogP) is 1.78. The lowest BCUT2D eigenvalue weighted by atomic mass is 10.3. The van der Waals surface area contributed by atoms with Crippen LogP contribution in [0.5, 0.6) is 0 Å². The number of hydrogen-bond acceptors (Lipinski definition) is 9. The summed E-state index contributed by atoms with van der Waals surface area (Å²) in [4.78, 5) is 8.46. The number of anilines is 1. The molecule has 0 saturated heterocycles. The first-order chi connectivity index (χ1) is 16.1. The standard InChI is InChI=1S/C12H14BrFN8O2.C7H6O2S/c13-7-5-6(1-2-8(7)14)19-11(20-23)9-10(22-24-21-9)17-3-4-18-12(15)16;1-10(8,9)7-5-3-2-4-6(5)7/h1-2,5,23H,3-4H2,(H,17,22)(H,19,20)(H4,15,16,18);2-4H,1H3. The summed E-state index contributed by atoms with van der Waals surface area (Å²) in [5, 5.41) is 19.5. The van der Waals surface area contributed by atoms with Gasteiger partial charge in [-0.05, 0) is 44.4 Å². The molecule has 2 aliphatic rings. The quantitative estimate of drug-likeness (QED) is 0.0971. The highest BCUT2D eigenvalue weighted by Gasteiger charge is 2.31. The van der Waals surface area contributed by atoms with Crippen molar-refractivity contribution < 1.29 is 22.6 Å². The van der Waals surface area contributed by atoms with E-state index < -0.39 is 15.7 Å². The molecule has 12 nitrogen and oxygen atoms in total. The summed E-state index contributed by atoms with van der Waals surface area (Å²) in [6, 6.07) is 9.60. The third kappa shape index (κ3) is 6.27. The van der Waals surface area contributed by atoms with Gasteiger partial charge in [-0.25, -0.2) is 22.4 Å². The van der Waals surface area contributed by atoms with Gasteiger partial charge in [-0.3, -0.25) is 15.7 Å². The van der Waals surface area contributed by atoms with Crippen molar-refractivity contribution in [2.24, 2.45) is 21.5 Å². The lowest BCUT2D eigenvalue weighted by Gasteiger charge is -2.05. The van der Waals surface area contributed by atoms with E-state index in [0.717, 1.165) is 11.1 Å². The number of guanidine groups is 1. The Hall–Kier alpha value is -3.56. The molecule has 15 heteroatoms. The molecule has 0 atom stereocenters. The molecule has 0 unspecified atom stereocenters. The normalized spacial score (nSPS) is 11.8. The largest absolute Gasteiger partial charge is 0.370 e. The molecule has 180 valence electrons. The van der Waals surface area contributed by atoms with Crippen LogP contribution in [0, 0.1) is 5.82 Å². The van der Waals surface area contributed by atoms with Crippen molar-refractivity contribution in [1.82, 2.24) is 15.8 Å². The Morgan fingerprint density at radius 1 is 1.24 bits per heavy atom. The van der Waals surface area contributed by atoms with Crippen LogP contribution in [0.2, 0.25) is 0 Å².